The number of thiazole rings is 1. The first kappa shape index (κ1) is 22.0. The number of carbonyl (C=O) groups excluding carboxylic acids is 1. The molecule has 2 heterocycles. The van der Waals surface area contributed by atoms with E-state index < -0.39 is 0 Å². The van der Waals surface area contributed by atoms with Gasteiger partial charge < -0.3 is 4.74 Å². The van der Waals surface area contributed by atoms with Gasteiger partial charge >= 0.3 is 0 Å². The van der Waals surface area contributed by atoms with Crippen molar-refractivity contribution in [3.63, 3.8) is 0 Å². The van der Waals surface area contributed by atoms with Crippen LogP contribution in [0.25, 0.3) is 10.2 Å². The SMILES string of the molecule is Cl.O=C(C1CCCC1)N(CCCN1CCOCC1)c1nc2ccc(Br)cc2s1. The molecule has 0 radical (unpaired) electrons. The third kappa shape index (κ3) is 5.25. The summed E-state index contributed by atoms with van der Waals surface area (Å²) >= 11 is 5.15. The summed E-state index contributed by atoms with van der Waals surface area (Å²) < 4.78 is 7.60. The topological polar surface area (TPSA) is 45.7 Å². The van der Waals surface area contributed by atoms with Crippen molar-refractivity contribution in [3.05, 3.63) is 22.7 Å². The zero-order valence-electron chi connectivity index (χ0n) is 15.9. The maximum atomic E-state index is 13.2. The fourth-order valence-electron chi connectivity index (χ4n) is 3.97. The van der Waals surface area contributed by atoms with Crippen molar-refractivity contribution in [2.75, 3.05) is 44.3 Å². The summed E-state index contributed by atoms with van der Waals surface area (Å²) in [6.45, 7) is 5.37. The van der Waals surface area contributed by atoms with Gasteiger partial charge in [-0.25, -0.2) is 4.98 Å². The van der Waals surface area contributed by atoms with Crippen molar-refractivity contribution >= 4 is 60.9 Å². The molecule has 0 spiro atoms. The van der Waals surface area contributed by atoms with Gasteiger partial charge in [0.1, 0.15) is 0 Å². The third-order valence-corrected chi connectivity index (χ3v) is 7.03. The molecular formula is C20H27BrClN3O2S. The summed E-state index contributed by atoms with van der Waals surface area (Å²) in [5.41, 5.74) is 0.968. The van der Waals surface area contributed by atoms with E-state index in [0.29, 0.717) is 0 Å². The molecule has 0 unspecified atom stereocenters. The van der Waals surface area contributed by atoms with E-state index >= 15 is 0 Å². The Balaban J connectivity index is 0.00000225. The number of carbonyl (C=O) groups is 1. The van der Waals surface area contributed by atoms with E-state index in [9.17, 15) is 4.79 Å². The van der Waals surface area contributed by atoms with Gasteiger partial charge in [0.2, 0.25) is 5.91 Å². The second-order valence-electron chi connectivity index (χ2n) is 7.39. The van der Waals surface area contributed by atoms with E-state index in [4.69, 9.17) is 9.72 Å². The predicted octanol–water partition coefficient (Wildman–Crippen LogP) is 4.73. The normalized spacial score (nSPS) is 18.3. The summed E-state index contributed by atoms with van der Waals surface area (Å²) in [7, 11) is 0. The molecule has 28 heavy (non-hydrogen) atoms. The van der Waals surface area contributed by atoms with E-state index in [1.165, 1.54) is 12.8 Å². The summed E-state index contributed by atoms with van der Waals surface area (Å²) in [5.74, 6) is 0.444. The maximum absolute atomic E-state index is 13.2. The van der Waals surface area contributed by atoms with Crippen molar-refractivity contribution in [1.29, 1.82) is 0 Å². The highest BCUT2D eigenvalue weighted by molar-refractivity contribution is 9.10. The first-order valence-corrected chi connectivity index (χ1v) is 11.5. The minimum absolute atomic E-state index is 0. The van der Waals surface area contributed by atoms with Crippen LogP contribution in [0.5, 0.6) is 0 Å². The number of fused-ring (bicyclic) bond motifs is 1. The molecule has 0 bridgehead atoms. The molecule has 1 saturated heterocycles. The van der Waals surface area contributed by atoms with Crippen molar-refractivity contribution in [3.8, 4) is 0 Å². The number of hydrogen-bond donors (Lipinski definition) is 0. The second-order valence-corrected chi connectivity index (χ2v) is 9.31. The van der Waals surface area contributed by atoms with Crippen LogP contribution in [0.4, 0.5) is 5.13 Å². The van der Waals surface area contributed by atoms with Crippen LogP contribution in [0.2, 0.25) is 0 Å². The molecule has 5 nitrogen and oxygen atoms in total. The maximum Gasteiger partial charge on any atom is 0.231 e. The molecule has 1 aliphatic carbocycles. The van der Waals surface area contributed by atoms with E-state index in [1.54, 1.807) is 11.3 Å². The van der Waals surface area contributed by atoms with Gasteiger partial charge in [0.25, 0.3) is 0 Å². The van der Waals surface area contributed by atoms with Gasteiger partial charge in [0, 0.05) is 36.6 Å². The van der Waals surface area contributed by atoms with Crippen LogP contribution < -0.4 is 4.90 Å². The molecule has 8 heteroatoms. The lowest BCUT2D eigenvalue weighted by Crippen LogP contribution is -2.40. The van der Waals surface area contributed by atoms with Crippen LogP contribution >= 0.6 is 39.7 Å². The van der Waals surface area contributed by atoms with Crippen molar-refractivity contribution in [2.45, 2.75) is 32.1 Å². The number of anilines is 1. The van der Waals surface area contributed by atoms with Crippen LogP contribution in [0.1, 0.15) is 32.1 Å². The average molecular weight is 489 g/mol. The minimum Gasteiger partial charge on any atom is -0.379 e. The van der Waals surface area contributed by atoms with Gasteiger partial charge in [-0.05, 0) is 37.5 Å². The number of amides is 1. The summed E-state index contributed by atoms with van der Waals surface area (Å²) in [4.78, 5) is 22.4. The summed E-state index contributed by atoms with van der Waals surface area (Å²) in [6, 6.07) is 6.11. The highest BCUT2D eigenvalue weighted by Gasteiger charge is 2.29. The Kier molecular flexibility index (Phi) is 8.12. The molecular weight excluding hydrogens is 462 g/mol. The predicted molar refractivity (Wildman–Crippen MR) is 121 cm³/mol. The van der Waals surface area contributed by atoms with Crippen LogP contribution in [-0.4, -0.2) is 55.2 Å². The lowest BCUT2D eigenvalue weighted by Gasteiger charge is -2.28. The highest BCUT2D eigenvalue weighted by atomic mass is 79.9. The summed E-state index contributed by atoms with van der Waals surface area (Å²) in [6.07, 6.45) is 5.36. The molecule has 1 saturated carbocycles. The molecule has 2 aliphatic rings. The fraction of sp³-hybridized carbons (Fsp3) is 0.600. The molecule has 1 aliphatic heterocycles. The number of aromatic nitrogens is 1. The zero-order valence-corrected chi connectivity index (χ0v) is 19.2. The average Bonchev–Trinajstić information content (AvgIpc) is 3.35. The number of nitrogens with zero attached hydrogens (tertiary/aromatic N) is 3. The van der Waals surface area contributed by atoms with Gasteiger partial charge in [-0.15, -0.1) is 12.4 Å². The highest BCUT2D eigenvalue weighted by Crippen LogP contribution is 2.34. The molecule has 1 aromatic carbocycles. The zero-order chi connectivity index (χ0) is 18.6. The third-order valence-electron chi connectivity index (χ3n) is 5.50. The van der Waals surface area contributed by atoms with Gasteiger partial charge in [0.05, 0.1) is 23.4 Å². The molecule has 154 valence electrons. The Hall–Kier alpha value is -0.730. The largest absolute Gasteiger partial charge is 0.379 e. The molecule has 1 amide bonds. The second kappa shape index (κ2) is 10.3. The molecule has 1 aromatic heterocycles. The lowest BCUT2D eigenvalue weighted by atomic mass is 10.1. The van der Waals surface area contributed by atoms with E-state index in [1.807, 2.05) is 17.0 Å². The first-order valence-electron chi connectivity index (χ1n) is 9.88. The van der Waals surface area contributed by atoms with Gasteiger partial charge in [-0.1, -0.05) is 40.1 Å². The Morgan fingerprint density at radius 1 is 1.29 bits per heavy atom. The lowest BCUT2D eigenvalue weighted by molar-refractivity contribution is -0.122. The van der Waals surface area contributed by atoms with E-state index in [2.05, 4.69) is 26.9 Å². The quantitative estimate of drug-likeness (QED) is 0.590. The number of halogens is 2. The molecule has 0 atom stereocenters. The Bertz CT molecular complexity index is 791. The van der Waals surface area contributed by atoms with Crippen molar-refractivity contribution in [1.82, 2.24) is 9.88 Å². The van der Waals surface area contributed by atoms with Gasteiger partial charge in [-0.2, -0.15) is 0 Å². The number of benzene rings is 1. The monoisotopic (exact) mass is 487 g/mol. The number of morpholine rings is 1. The van der Waals surface area contributed by atoms with Crippen LogP contribution in [0.3, 0.4) is 0 Å². The fourth-order valence-corrected chi connectivity index (χ4v) is 5.52. The molecule has 2 fully saturated rings. The Morgan fingerprint density at radius 3 is 2.79 bits per heavy atom. The standard InChI is InChI=1S/C20H26BrN3O2S.ClH/c21-16-6-7-17-18(14-16)27-20(22-17)24(19(25)15-4-1-2-5-15)9-3-8-23-10-12-26-13-11-23;/h6-7,14-15H,1-5,8-13H2;1H. The minimum atomic E-state index is 0. The van der Waals surface area contributed by atoms with Crippen molar-refractivity contribution in [2.24, 2.45) is 5.92 Å². The van der Waals surface area contributed by atoms with Crippen LogP contribution in [0.15, 0.2) is 22.7 Å². The van der Waals surface area contributed by atoms with Crippen LogP contribution in [-0.2, 0) is 9.53 Å². The first-order chi connectivity index (χ1) is 13.2. The molecule has 0 N–H and O–H groups in total. The van der Waals surface area contributed by atoms with Gasteiger partial charge in [-0.3, -0.25) is 14.6 Å². The summed E-state index contributed by atoms with van der Waals surface area (Å²) in [5, 5.41) is 0.849. The van der Waals surface area contributed by atoms with Crippen LogP contribution in [0, 0.1) is 5.92 Å². The number of rotatable bonds is 6. The number of ether oxygens (including phenoxy) is 1. The Morgan fingerprint density at radius 2 is 2.04 bits per heavy atom. The Labute approximate surface area is 185 Å². The van der Waals surface area contributed by atoms with Crippen molar-refractivity contribution < 1.29 is 9.53 Å². The van der Waals surface area contributed by atoms with E-state index in [-0.39, 0.29) is 24.2 Å². The molecule has 2 aromatic rings. The van der Waals surface area contributed by atoms with Gasteiger partial charge in [0.15, 0.2) is 5.13 Å². The van der Waals surface area contributed by atoms with E-state index in [0.717, 1.165) is 78.5 Å². The smallest absolute Gasteiger partial charge is 0.231 e. The molecule has 4 rings (SSSR count). The number of hydrogen-bond acceptors (Lipinski definition) is 5.